The molecule has 0 saturated carbocycles. The van der Waals surface area contributed by atoms with E-state index in [9.17, 15) is 5.11 Å². The Morgan fingerprint density at radius 2 is 2.04 bits per heavy atom. The van der Waals surface area contributed by atoms with Crippen LogP contribution in [0.3, 0.4) is 0 Å². The number of phenolic OH excluding ortho intramolecular Hbond substituents is 1. The molecule has 1 aliphatic rings. The SMILES string of the molecule is Oc1ccccc1/C=N\Nc1ncnc2sc3c(c12)CCCC3. The van der Waals surface area contributed by atoms with Gasteiger partial charge in [0.2, 0.25) is 0 Å². The number of nitrogens with one attached hydrogen (secondary N) is 1. The van der Waals surface area contributed by atoms with Crippen LogP contribution in [0.2, 0.25) is 0 Å². The highest BCUT2D eigenvalue weighted by atomic mass is 32.1. The average molecular weight is 324 g/mol. The van der Waals surface area contributed by atoms with E-state index in [0.29, 0.717) is 5.56 Å². The molecule has 4 rings (SSSR count). The number of benzene rings is 1. The van der Waals surface area contributed by atoms with Gasteiger partial charge in [0, 0.05) is 10.4 Å². The maximum Gasteiger partial charge on any atom is 0.158 e. The summed E-state index contributed by atoms with van der Waals surface area (Å²) in [4.78, 5) is 11.2. The first-order valence-corrected chi connectivity index (χ1v) is 8.47. The van der Waals surface area contributed by atoms with Gasteiger partial charge in [0.1, 0.15) is 16.9 Å². The van der Waals surface area contributed by atoms with Crippen LogP contribution in [0.4, 0.5) is 5.82 Å². The van der Waals surface area contributed by atoms with Gasteiger partial charge in [-0.15, -0.1) is 11.3 Å². The van der Waals surface area contributed by atoms with Crippen LogP contribution in [-0.4, -0.2) is 21.3 Å². The standard InChI is InChI=1S/C17H16N4OS/c22-13-7-3-1-5-11(13)9-20-21-16-15-12-6-2-4-8-14(12)23-17(15)19-10-18-16/h1,3,5,7,9-10,22H,2,4,6,8H2,(H,18,19,21)/b20-9-. The molecule has 6 heteroatoms. The third-order valence-electron chi connectivity index (χ3n) is 4.06. The smallest absolute Gasteiger partial charge is 0.158 e. The Kier molecular flexibility index (Phi) is 3.67. The van der Waals surface area contributed by atoms with Gasteiger partial charge in [0.05, 0.1) is 11.6 Å². The lowest BCUT2D eigenvalue weighted by Gasteiger charge is -2.11. The number of hydrogen-bond donors (Lipinski definition) is 2. The van der Waals surface area contributed by atoms with E-state index in [4.69, 9.17) is 0 Å². The molecule has 2 N–H and O–H groups in total. The normalized spacial score (nSPS) is 14.3. The topological polar surface area (TPSA) is 70.4 Å². The number of aromatic nitrogens is 2. The Morgan fingerprint density at radius 1 is 1.17 bits per heavy atom. The van der Waals surface area contributed by atoms with E-state index in [0.717, 1.165) is 28.9 Å². The van der Waals surface area contributed by atoms with Crippen molar-refractivity contribution in [3.05, 3.63) is 46.6 Å². The van der Waals surface area contributed by atoms with Crippen molar-refractivity contribution >= 4 is 33.6 Å². The zero-order valence-electron chi connectivity index (χ0n) is 12.5. The molecular weight excluding hydrogens is 308 g/mol. The fourth-order valence-corrected chi connectivity index (χ4v) is 4.16. The minimum absolute atomic E-state index is 0.207. The van der Waals surface area contributed by atoms with Crippen LogP contribution >= 0.6 is 11.3 Å². The predicted octanol–water partition coefficient (Wildman–Crippen LogP) is 3.72. The number of hydrogen-bond acceptors (Lipinski definition) is 6. The number of rotatable bonds is 3. The van der Waals surface area contributed by atoms with E-state index in [1.54, 1.807) is 36.0 Å². The van der Waals surface area contributed by atoms with Crippen molar-refractivity contribution in [2.45, 2.75) is 25.7 Å². The lowest BCUT2D eigenvalue weighted by atomic mass is 9.97. The molecule has 5 nitrogen and oxygen atoms in total. The molecular formula is C17H16N4OS. The Bertz CT molecular complexity index is 887. The van der Waals surface area contributed by atoms with E-state index in [1.807, 2.05) is 12.1 Å². The summed E-state index contributed by atoms with van der Waals surface area (Å²) in [6.45, 7) is 0. The van der Waals surface area contributed by atoms with Crippen molar-refractivity contribution in [1.82, 2.24) is 9.97 Å². The number of anilines is 1. The number of nitrogens with zero attached hydrogens (tertiary/aromatic N) is 3. The van der Waals surface area contributed by atoms with Gasteiger partial charge >= 0.3 is 0 Å². The number of para-hydroxylation sites is 1. The molecule has 116 valence electrons. The molecule has 0 bridgehead atoms. The van der Waals surface area contributed by atoms with Crippen molar-refractivity contribution < 1.29 is 5.11 Å². The van der Waals surface area contributed by atoms with Crippen LogP contribution in [0.25, 0.3) is 10.2 Å². The number of aromatic hydroxyl groups is 1. The van der Waals surface area contributed by atoms with Crippen LogP contribution in [0, 0.1) is 0 Å². The molecule has 23 heavy (non-hydrogen) atoms. The van der Waals surface area contributed by atoms with Crippen LogP contribution < -0.4 is 5.43 Å². The first-order chi connectivity index (χ1) is 11.3. The second-order valence-electron chi connectivity index (χ2n) is 5.54. The van der Waals surface area contributed by atoms with Gasteiger partial charge in [-0.2, -0.15) is 5.10 Å². The van der Waals surface area contributed by atoms with E-state index in [-0.39, 0.29) is 5.75 Å². The van der Waals surface area contributed by atoms with Crippen LogP contribution in [-0.2, 0) is 12.8 Å². The monoisotopic (exact) mass is 324 g/mol. The van der Waals surface area contributed by atoms with Crippen molar-refractivity contribution in [3.63, 3.8) is 0 Å². The Labute approximate surface area is 137 Å². The summed E-state index contributed by atoms with van der Waals surface area (Å²) in [5, 5.41) is 15.1. The fourth-order valence-electron chi connectivity index (χ4n) is 2.93. The van der Waals surface area contributed by atoms with E-state index < -0.39 is 0 Å². The Balaban J connectivity index is 1.67. The van der Waals surface area contributed by atoms with Gasteiger partial charge in [0.15, 0.2) is 5.82 Å². The molecule has 1 aromatic carbocycles. The van der Waals surface area contributed by atoms with Crippen LogP contribution in [0.1, 0.15) is 28.8 Å². The summed E-state index contributed by atoms with van der Waals surface area (Å²) in [7, 11) is 0. The molecule has 0 atom stereocenters. The number of hydrazone groups is 1. The maximum atomic E-state index is 9.76. The predicted molar refractivity (Wildman–Crippen MR) is 93.4 cm³/mol. The molecule has 0 saturated heterocycles. The van der Waals surface area contributed by atoms with Gasteiger partial charge in [-0.25, -0.2) is 9.97 Å². The highest BCUT2D eigenvalue weighted by Crippen LogP contribution is 2.38. The summed E-state index contributed by atoms with van der Waals surface area (Å²) in [6.07, 6.45) is 7.86. The molecule has 2 aromatic heterocycles. The third kappa shape index (κ3) is 2.66. The second kappa shape index (κ2) is 5.96. The summed E-state index contributed by atoms with van der Waals surface area (Å²) in [5.41, 5.74) is 5.05. The molecule has 3 aromatic rings. The molecule has 0 unspecified atom stereocenters. The molecule has 1 aliphatic carbocycles. The van der Waals surface area contributed by atoms with Crippen LogP contribution in [0.15, 0.2) is 35.7 Å². The summed E-state index contributed by atoms with van der Waals surface area (Å²) < 4.78 is 0. The quantitative estimate of drug-likeness (QED) is 0.569. The molecule has 0 spiro atoms. The summed E-state index contributed by atoms with van der Waals surface area (Å²) in [6, 6.07) is 7.09. The van der Waals surface area contributed by atoms with E-state index in [2.05, 4.69) is 20.5 Å². The van der Waals surface area contributed by atoms with Crippen LogP contribution in [0.5, 0.6) is 5.75 Å². The van der Waals surface area contributed by atoms with Gasteiger partial charge in [-0.05, 0) is 43.4 Å². The highest BCUT2D eigenvalue weighted by Gasteiger charge is 2.19. The fraction of sp³-hybridized carbons (Fsp3) is 0.235. The minimum Gasteiger partial charge on any atom is -0.507 e. The zero-order chi connectivity index (χ0) is 15.6. The molecule has 0 radical (unpaired) electrons. The van der Waals surface area contributed by atoms with Crippen molar-refractivity contribution in [2.24, 2.45) is 5.10 Å². The number of thiophene rings is 1. The Morgan fingerprint density at radius 3 is 2.96 bits per heavy atom. The largest absolute Gasteiger partial charge is 0.507 e. The van der Waals surface area contributed by atoms with Crippen molar-refractivity contribution in [1.29, 1.82) is 0 Å². The van der Waals surface area contributed by atoms with Crippen molar-refractivity contribution in [3.8, 4) is 5.75 Å². The maximum absolute atomic E-state index is 9.76. The lowest BCUT2D eigenvalue weighted by molar-refractivity contribution is 0.474. The minimum atomic E-state index is 0.207. The average Bonchev–Trinajstić information content (AvgIpc) is 2.96. The second-order valence-corrected chi connectivity index (χ2v) is 6.63. The first kappa shape index (κ1) is 14.1. The van der Waals surface area contributed by atoms with E-state index in [1.165, 1.54) is 23.3 Å². The summed E-state index contributed by atoms with van der Waals surface area (Å²) in [5.74, 6) is 0.944. The lowest BCUT2D eigenvalue weighted by Crippen LogP contribution is -2.00. The molecule has 0 aliphatic heterocycles. The molecule has 2 heterocycles. The van der Waals surface area contributed by atoms with E-state index >= 15 is 0 Å². The van der Waals surface area contributed by atoms with Gasteiger partial charge in [-0.1, -0.05) is 12.1 Å². The molecule has 0 fully saturated rings. The van der Waals surface area contributed by atoms with Gasteiger partial charge in [0.25, 0.3) is 0 Å². The first-order valence-electron chi connectivity index (χ1n) is 7.65. The van der Waals surface area contributed by atoms with Gasteiger partial charge < -0.3 is 5.11 Å². The highest BCUT2D eigenvalue weighted by molar-refractivity contribution is 7.19. The number of phenols is 1. The zero-order valence-corrected chi connectivity index (χ0v) is 13.3. The summed E-state index contributed by atoms with van der Waals surface area (Å²) >= 11 is 1.76. The Hall–Kier alpha value is -2.47. The molecule has 0 amide bonds. The number of fused-ring (bicyclic) bond motifs is 3. The third-order valence-corrected chi connectivity index (χ3v) is 5.26. The van der Waals surface area contributed by atoms with Gasteiger partial charge in [-0.3, -0.25) is 5.43 Å². The number of aryl methyl sites for hydroxylation is 2. The van der Waals surface area contributed by atoms with Crippen molar-refractivity contribution in [2.75, 3.05) is 5.43 Å².